The van der Waals surface area contributed by atoms with E-state index in [9.17, 15) is 0 Å². The molecule has 3 heteroatoms. The third kappa shape index (κ3) is 5.66. The summed E-state index contributed by atoms with van der Waals surface area (Å²) in [5, 5.41) is 0. The van der Waals surface area contributed by atoms with Gasteiger partial charge >= 0.3 is 0 Å². The van der Waals surface area contributed by atoms with Crippen molar-refractivity contribution in [1.29, 1.82) is 0 Å². The van der Waals surface area contributed by atoms with Crippen LogP contribution in [0.25, 0.3) is 6.08 Å². The molecule has 1 aliphatic carbocycles. The van der Waals surface area contributed by atoms with Gasteiger partial charge < -0.3 is 0 Å². The predicted octanol–water partition coefficient (Wildman–Crippen LogP) is 7.76. The van der Waals surface area contributed by atoms with Crippen LogP contribution in [0.5, 0.6) is 0 Å². The number of fused-ring (bicyclic) bond motifs is 1. The van der Waals surface area contributed by atoms with Crippen LogP contribution >= 0.6 is 0 Å². The number of benzene rings is 3. The van der Waals surface area contributed by atoms with Crippen LogP contribution in [0.2, 0.25) is 0 Å². The predicted molar refractivity (Wildman–Crippen MR) is 145 cm³/mol. The summed E-state index contributed by atoms with van der Waals surface area (Å²) in [6.45, 7) is 9.80. The van der Waals surface area contributed by atoms with E-state index in [1.54, 1.807) is 0 Å². The van der Waals surface area contributed by atoms with Crippen molar-refractivity contribution < 1.29 is 0 Å². The second-order valence-electron chi connectivity index (χ2n) is 7.66. The Labute approximate surface area is 205 Å². The summed E-state index contributed by atoms with van der Waals surface area (Å²) in [5.41, 5.74) is 5.14. The first kappa shape index (κ1) is 26.7. The molecule has 3 nitrogen and oxygen atoms in total. The molecular weight excluding hydrogens is 414 g/mol. The van der Waals surface area contributed by atoms with Crippen molar-refractivity contribution in [2.45, 2.75) is 53.9 Å². The van der Waals surface area contributed by atoms with Gasteiger partial charge in [0, 0.05) is 6.42 Å². The minimum atomic E-state index is -0.168. The number of rotatable bonds is 3. The summed E-state index contributed by atoms with van der Waals surface area (Å²) >= 11 is 0. The van der Waals surface area contributed by atoms with E-state index in [1.807, 2.05) is 34.6 Å². The van der Waals surface area contributed by atoms with Crippen molar-refractivity contribution >= 4 is 6.08 Å². The first-order valence-corrected chi connectivity index (χ1v) is 11.7. The lowest BCUT2D eigenvalue weighted by Gasteiger charge is -2.31. The normalized spacial score (nSPS) is 12.3. The largest absolute Gasteiger partial charge is 0.219 e. The molecule has 0 fully saturated rings. The summed E-state index contributed by atoms with van der Waals surface area (Å²) in [6, 6.07) is 30.2. The molecule has 34 heavy (non-hydrogen) atoms. The SMILES string of the molecule is C.C1=CC(c2ccccc2)(c2ccccc2)c2ccccc21.CC.CCc1nc(C)nc(C)n1. The fourth-order valence-electron chi connectivity index (χ4n) is 4.22. The van der Waals surface area contributed by atoms with E-state index in [-0.39, 0.29) is 12.8 Å². The molecule has 0 saturated carbocycles. The lowest BCUT2D eigenvalue weighted by molar-refractivity contribution is 0.794. The van der Waals surface area contributed by atoms with Gasteiger partial charge in [-0.3, -0.25) is 0 Å². The van der Waals surface area contributed by atoms with E-state index in [1.165, 1.54) is 22.3 Å². The lowest BCUT2D eigenvalue weighted by atomic mass is 9.71. The molecule has 5 rings (SSSR count). The average Bonchev–Trinajstić information content (AvgIpc) is 3.27. The zero-order chi connectivity index (χ0) is 23.7. The highest BCUT2D eigenvalue weighted by atomic mass is 15.0. The summed E-state index contributed by atoms with van der Waals surface area (Å²) < 4.78 is 0. The fourth-order valence-corrected chi connectivity index (χ4v) is 4.22. The van der Waals surface area contributed by atoms with Crippen LogP contribution in [-0.2, 0) is 11.8 Å². The third-order valence-electron chi connectivity index (χ3n) is 5.58. The molecule has 1 aliphatic rings. The smallest absolute Gasteiger partial charge is 0.132 e. The topological polar surface area (TPSA) is 38.7 Å². The van der Waals surface area contributed by atoms with E-state index in [0.29, 0.717) is 0 Å². The van der Waals surface area contributed by atoms with Crippen LogP contribution in [0.1, 0.15) is 67.9 Å². The van der Waals surface area contributed by atoms with E-state index in [2.05, 4.69) is 112 Å². The van der Waals surface area contributed by atoms with Crippen LogP contribution < -0.4 is 0 Å². The second kappa shape index (κ2) is 12.6. The molecule has 0 unspecified atom stereocenters. The number of aromatic nitrogens is 3. The molecule has 0 bridgehead atoms. The Bertz CT molecular complexity index is 1120. The Morgan fingerprint density at radius 2 is 1.12 bits per heavy atom. The van der Waals surface area contributed by atoms with Crippen molar-refractivity contribution in [1.82, 2.24) is 15.0 Å². The average molecular weight is 452 g/mol. The quantitative estimate of drug-likeness (QED) is 0.319. The summed E-state index contributed by atoms with van der Waals surface area (Å²) in [6.07, 6.45) is 5.46. The molecule has 0 N–H and O–H groups in total. The third-order valence-corrected chi connectivity index (χ3v) is 5.58. The Balaban J connectivity index is 0.000000268. The van der Waals surface area contributed by atoms with Crippen molar-refractivity contribution in [3.8, 4) is 0 Å². The number of nitrogens with zero attached hydrogens (tertiary/aromatic N) is 3. The molecule has 0 saturated heterocycles. The maximum atomic E-state index is 4.13. The Kier molecular flexibility index (Phi) is 9.88. The lowest BCUT2D eigenvalue weighted by Crippen LogP contribution is -2.25. The van der Waals surface area contributed by atoms with E-state index in [0.717, 1.165) is 23.9 Å². The number of allylic oxidation sites excluding steroid dienone is 1. The van der Waals surface area contributed by atoms with Crippen molar-refractivity contribution in [2.24, 2.45) is 0 Å². The highest BCUT2D eigenvalue weighted by Crippen LogP contribution is 2.46. The fraction of sp³-hybridized carbons (Fsp3) is 0.258. The molecule has 3 aromatic carbocycles. The Hall–Kier alpha value is -3.59. The highest BCUT2D eigenvalue weighted by molar-refractivity contribution is 5.73. The van der Waals surface area contributed by atoms with Gasteiger partial charge in [0.25, 0.3) is 0 Å². The molecule has 1 heterocycles. The van der Waals surface area contributed by atoms with E-state index in [4.69, 9.17) is 0 Å². The van der Waals surface area contributed by atoms with Gasteiger partial charge in [0.05, 0.1) is 5.41 Å². The van der Waals surface area contributed by atoms with Gasteiger partial charge in [0.15, 0.2) is 0 Å². The molecule has 0 amide bonds. The van der Waals surface area contributed by atoms with E-state index < -0.39 is 0 Å². The van der Waals surface area contributed by atoms with Gasteiger partial charge in [-0.25, -0.2) is 15.0 Å². The number of hydrogen-bond acceptors (Lipinski definition) is 3. The van der Waals surface area contributed by atoms with Crippen molar-refractivity contribution in [3.05, 3.63) is 131 Å². The molecule has 4 aromatic rings. The summed E-state index contributed by atoms with van der Waals surface area (Å²) in [5.74, 6) is 2.50. The monoisotopic (exact) mass is 451 g/mol. The minimum absolute atomic E-state index is 0. The summed E-state index contributed by atoms with van der Waals surface area (Å²) in [4.78, 5) is 12.3. The van der Waals surface area contributed by atoms with Crippen LogP contribution in [0.4, 0.5) is 0 Å². The molecule has 0 aliphatic heterocycles. The molecule has 1 aromatic heterocycles. The number of hydrogen-bond donors (Lipinski definition) is 0. The van der Waals surface area contributed by atoms with Crippen molar-refractivity contribution in [3.63, 3.8) is 0 Å². The Morgan fingerprint density at radius 1 is 0.647 bits per heavy atom. The van der Waals surface area contributed by atoms with Gasteiger partial charge in [-0.1, -0.05) is 125 Å². The molecular formula is C31H37N3. The first-order chi connectivity index (χ1) is 16.1. The molecule has 176 valence electrons. The van der Waals surface area contributed by atoms with Crippen LogP contribution in [-0.4, -0.2) is 15.0 Å². The first-order valence-electron chi connectivity index (χ1n) is 11.7. The Morgan fingerprint density at radius 3 is 1.62 bits per heavy atom. The molecule has 0 radical (unpaired) electrons. The zero-order valence-electron chi connectivity index (χ0n) is 20.3. The van der Waals surface area contributed by atoms with Gasteiger partial charge in [0.2, 0.25) is 0 Å². The zero-order valence-corrected chi connectivity index (χ0v) is 20.3. The van der Waals surface area contributed by atoms with Crippen LogP contribution in [0, 0.1) is 13.8 Å². The minimum Gasteiger partial charge on any atom is -0.219 e. The second-order valence-corrected chi connectivity index (χ2v) is 7.66. The van der Waals surface area contributed by atoms with Gasteiger partial charge in [-0.15, -0.1) is 0 Å². The van der Waals surface area contributed by atoms with Crippen molar-refractivity contribution in [2.75, 3.05) is 0 Å². The van der Waals surface area contributed by atoms with Gasteiger partial charge in [-0.2, -0.15) is 0 Å². The molecule has 0 atom stereocenters. The van der Waals surface area contributed by atoms with E-state index >= 15 is 0 Å². The maximum Gasteiger partial charge on any atom is 0.132 e. The highest BCUT2D eigenvalue weighted by Gasteiger charge is 2.37. The summed E-state index contributed by atoms with van der Waals surface area (Å²) in [7, 11) is 0. The standard InChI is InChI=1S/C21H16.C7H11N3.C2H6.CH4/c1-3-10-18(11-4-1)21(19-12-5-2-6-13-19)16-15-17-9-7-8-14-20(17)21;1-4-7-9-5(2)8-6(3)10-7;1-2;/h1-16H;4H2,1-3H3;1-2H3;1H4. The maximum absolute atomic E-state index is 4.13. The number of aryl methyl sites for hydroxylation is 3. The van der Waals surface area contributed by atoms with Gasteiger partial charge in [-0.05, 0) is 36.1 Å². The van der Waals surface area contributed by atoms with Crippen LogP contribution in [0.3, 0.4) is 0 Å². The molecule has 0 spiro atoms. The van der Waals surface area contributed by atoms with Gasteiger partial charge in [0.1, 0.15) is 17.5 Å². The van der Waals surface area contributed by atoms with Crippen LogP contribution in [0.15, 0.2) is 91.0 Å².